The van der Waals surface area contributed by atoms with Crippen LogP contribution in [0.15, 0.2) is 42.5 Å². The van der Waals surface area contributed by atoms with Gasteiger partial charge in [0, 0.05) is 11.6 Å². The fraction of sp³-hybridized carbons (Fsp3) is 0.250. The third-order valence-electron chi connectivity index (χ3n) is 3.18. The van der Waals surface area contributed by atoms with Crippen molar-refractivity contribution in [1.29, 1.82) is 0 Å². The fourth-order valence-corrected chi connectivity index (χ4v) is 1.89. The average Bonchev–Trinajstić information content (AvgIpc) is 2.46. The van der Waals surface area contributed by atoms with Gasteiger partial charge in [0.2, 0.25) is 0 Å². The first-order valence-electron chi connectivity index (χ1n) is 6.44. The number of hydrogen-bond acceptors (Lipinski definition) is 2. The third-order valence-corrected chi connectivity index (χ3v) is 3.18. The maximum absolute atomic E-state index is 13.3. The molecule has 0 aliphatic heterocycles. The molecule has 4 heteroatoms. The van der Waals surface area contributed by atoms with Crippen LogP contribution in [0.25, 0.3) is 0 Å². The number of ether oxygens (including phenoxy) is 1. The lowest BCUT2D eigenvalue weighted by atomic mass is 10.1. The summed E-state index contributed by atoms with van der Waals surface area (Å²) in [4.78, 5) is 0. The third kappa shape index (κ3) is 3.54. The van der Waals surface area contributed by atoms with Crippen LogP contribution in [0.2, 0.25) is 0 Å². The van der Waals surface area contributed by atoms with Crippen LogP contribution in [0.1, 0.15) is 24.1 Å². The van der Waals surface area contributed by atoms with Gasteiger partial charge in [-0.3, -0.25) is 0 Å². The Balaban J connectivity index is 2.14. The van der Waals surface area contributed by atoms with Crippen LogP contribution in [0.3, 0.4) is 0 Å². The minimum atomic E-state index is -0.295. The Bertz CT molecular complexity index is 569. The lowest BCUT2D eigenvalue weighted by Crippen LogP contribution is -2.14. The molecule has 0 spiro atoms. The minimum Gasteiger partial charge on any atom is -0.489 e. The molecule has 0 heterocycles. The summed E-state index contributed by atoms with van der Waals surface area (Å²) in [6.45, 7) is 2.24. The highest BCUT2D eigenvalue weighted by Crippen LogP contribution is 2.26. The molecule has 0 aliphatic rings. The van der Waals surface area contributed by atoms with E-state index in [0.29, 0.717) is 12.4 Å². The Morgan fingerprint density at radius 3 is 2.35 bits per heavy atom. The zero-order valence-electron chi connectivity index (χ0n) is 11.5. The van der Waals surface area contributed by atoms with Gasteiger partial charge in [0.15, 0.2) is 0 Å². The first kappa shape index (κ1) is 14.5. The molecule has 2 aromatic carbocycles. The van der Waals surface area contributed by atoms with Crippen LogP contribution in [0.4, 0.5) is 8.78 Å². The van der Waals surface area contributed by atoms with E-state index in [4.69, 9.17) is 4.74 Å². The lowest BCUT2D eigenvalue weighted by Gasteiger charge is -2.16. The summed E-state index contributed by atoms with van der Waals surface area (Å²) in [5.41, 5.74) is 1.62. The molecular weight excluding hydrogens is 260 g/mol. The molecule has 0 aliphatic carbocycles. The highest BCUT2D eigenvalue weighted by Gasteiger charge is 2.11. The largest absolute Gasteiger partial charge is 0.489 e. The molecule has 2 nitrogen and oxygen atoms in total. The maximum atomic E-state index is 13.3. The Kier molecular flexibility index (Phi) is 4.69. The first-order chi connectivity index (χ1) is 9.60. The van der Waals surface area contributed by atoms with E-state index in [2.05, 4.69) is 5.32 Å². The topological polar surface area (TPSA) is 21.3 Å². The van der Waals surface area contributed by atoms with E-state index in [0.717, 1.165) is 11.1 Å². The monoisotopic (exact) mass is 277 g/mol. The second-order valence-corrected chi connectivity index (χ2v) is 4.61. The zero-order valence-corrected chi connectivity index (χ0v) is 11.5. The Hall–Kier alpha value is -1.94. The van der Waals surface area contributed by atoms with Gasteiger partial charge in [-0.25, -0.2) is 8.78 Å². The number of hydrogen-bond donors (Lipinski definition) is 1. The van der Waals surface area contributed by atoms with E-state index in [9.17, 15) is 8.78 Å². The normalized spacial score (nSPS) is 12.2. The Morgan fingerprint density at radius 1 is 1.05 bits per heavy atom. The van der Waals surface area contributed by atoms with Crippen LogP contribution in [0.5, 0.6) is 5.75 Å². The van der Waals surface area contributed by atoms with Gasteiger partial charge in [-0.2, -0.15) is 0 Å². The van der Waals surface area contributed by atoms with Crippen LogP contribution in [-0.2, 0) is 6.61 Å². The second-order valence-electron chi connectivity index (χ2n) is 4.61. The molecule has 20 heavy (non-hydrogen) atoms. The van der Waals surface area contributed by atoms with E-state index in [1.807, 2.05) is 6.92 Å². The van der Waals surface area contributed by atoms with Crippen molar-refractivity contribution in [2.75, 3.05) is 7.05 Å². The van der Waals surface area contributed by atoms with Gasteiger partial charge in [-0.05, 0) is 49.9 Å². The molecule has 2 aromatic rings. The van der Waals surface area contributed by atoms with Crippen molar-refractivity contribution in [2.45, 2.75) is 19.6 Å². The van der Waals surface area contributed by atoms with Gasteiger partial charge in [0.05, 0.1) is 0 Å². The molecule has 2 rings (SSSR count). The van der Waals surface area contributed by atoms with Crippen LogP contribution < -0.4 is 10.1 Å². The molecular formula is C16H17F2NO. The molecule has 0 saturated carbocycles. The molecule has 1 N–H and O–H groups in total. The maximum Gasteiger partial charge on any atom is 0.124 e. The highest BCUT2D eigenvalue weighted by atomic mass is 19.1. The smallest absolute Gasteiger partial charge is 0.124 e. The van der Waals surface area contributed by atoms with Gasteiger partial charge >= 0.3 is 0 Å². The number of nitrogens with one attached hydrogen (secondary N) is 1. The summed E-state index contributed by atoms with van der Waals surface area (Å²) in [5.74, 6) is 0.0498. The predicted octanol–water partition coefficient (Wildman–Crippen LogP) is 3.82. The fourth-order valence-electron chi connectivity index (χ4n) is 1.89. The molecule has 0 fully saturated rings. The van der Waals surface area contributed by atoms with Crippen LogP contribution in [-0.4, -0.2) is 7.05 Å². The molecule has 0 saturated heterocycles. The summed E-state index contributed by atoms with van der Waals surface area (Å²) in [7, 11) is 1.80. The second kappa shape index (κ2) is 6.48. The van der Waals surface area contributed by atoms with Gasteiger partial charge in [0.25, 0.3) is 0 Å². The summed E-state index contributed by atoms with van der Waals surface area (Å²) >= 11 is 0. The van der Waals surface area contributed by atoms with Gasteiger partial charge in [-0.15, -0.1) is 0 Å². The van der Waals surface area contributed by atoms with Crippen molar-refractivity contribution < 1.29 is 13.5 Å². The van der Waals surface area contributed by atoms with E-state index in [-0.39, 0.29) is 17.7 Å². The van der Waals surface area contributed by atoms with E-state index in [1.165, 1.54) is 24.3 Å². The van der Waals surface area contributed by atoms with E-state index >= 15 is 0 Å². The van der Waals surface area contributed by atoms with Crippen LogP contribution >= 0.6 is 0 Å². The molecule has 1 atom stereocenters. The van der Waals surface area contributed by atoms with Gasteiger partial charge in [-0.1, -0.05) is 12.1 Å². The number of benzene rings is 2. The molecule has 0 radical (unpaired) electrons. The van der Waals surface area contributed by atoms with Crippen molar-refractivity contribution in [1.82, 2.24) is 5.32 Å². The van der Waals surface area contributed by atoms with E-state index < -0.39 is 0 Å². The number of rotatable bonds is 5. The van der Waals surface area contributed by atoms with Crippen LogP contribution in [0, 0.1) is 11.6 Å². The predicted molar refractivity (Wildman–Crippen MR) is 74.6 cm³/mol. The summed E-state index contributed by atoms with van der Waals surface area (Å²) < 4.78 is 31.9. The molecule has 0 bridgehead atoms. The molecule has 106 valence electrons. The van der Waals surface area contributed by atoms with Crippen molar-refractivity contribution in [3.8, 4) is 5.75 Å². The molecule has 0 amide bonds. The molecule has 0 aromatic heterocycles. The van der Waals surface area contributed by atoms with Crippen molar-refractivity contribution >= 4 is 0 Å². The average molecular weight is 277 g/mol. The van der Waals surface area contributed by atoms with Crippen molar-refractivity contribution in [3.05, 3.63) is 65.2 Å². The summed E-state index contributed by atoms with van der Waals surface area (Å²) in [5, 5.41) is 3.06. The SMILES string of the molecule is CNC(C)c1cc(F)ccc1OCc1ccc(F)cc1. The first-order valence-corrected chi connectivity index (χ1v) is 6.44. The quantitative estimate of drug-likeness (QED) is 0.897. The number of halogens is 2. The highest BCUT2D eigenvalue weighted by molar-refractivity contribution is 5.36. The summed E-state index contributed by atoms with van der Waals surface area (Å²) in [6, 6.07) is 10.5. The van der Waals surface area contributed by atoms with E-state index in [1.54, 1.807) is 25.2 Å². The Labute approximate surface area is 117 Å². The van der Waals surface area contributed by atoms with Gasteiger partial charge < -0.3 is 10.1 Å². The van der Waals surface area contributed by atoms with Crippen molar-refractivity contribution in [3.63, 3.8) is 0 Å². The molecule has 1 unspecified atom stereocenters. The summed E-state index contributed by atoms with van der Waals surface area (Å²) in [6.07, 6.45) is 0. The Morgan fingerprint density at radius 2 is 1.70 bits per heavy atom. The standard InChI is InChI=1S/C16H17F2NO/c1-11(19-2)15-9-14(18)7-8-16(15)20-10-12-3-5-13(17)6-4-12/h3-9,11,19H,10H2,1-2H3. The van der Waals surface area contributed by atoms with Gasteiger partial charge in [0.1, 0.15) is 24.0 Å². The zero-order chi connectivity index (χ0) is 14.5. The lowest BCUT2D eigenvalue weighted by molar-refractivity contribution is 0.299. The van der Waals surface area contributed by atoms with Crippen molar-refractivity contribution in [2.24, 2.45) is 0 Å². The minimum absolute atomic E-state index is 0.0195.